The highest BCUT2D eigenvalue weighted by atomic mass is 32.2. The summed E-state index contributed by atoms with van der Waals surface area (Å²) in [5.41, 5.74) is 7.11. The van der Waals surface area contributed by atoms with E-state index in [0.29, 0.717) is 34.6 Å². The molecular weight excluding hydrogens is 556 g/mol. The van der Waals surface area contributed by atoms with Gasteiger partial charge in [0.1, 0.15) is 17.3 Å². The summed E-state index contributed by atoms with van der Waals surface area (Å²) in [6.07, 6.45) is 10.3. The van der Waals surface area contributed by atoms with Gasteiger partial charge in [0.15, 0.2) is 11.5 Å². The van der Waals surface area contributed by atoms with E-state index >= 15 is 0 Å². The third kappa shape index (κ3) is 6.94. The van der Waals surface area contributed by atoms with Crippen molar-refractivity contribution in [1.82, 2.24) is 14.5 Å². The van der Waals surface area contributed by atoms with E-state index < -0.39 is 28.5 Å². The van der Waals surface area contributed by atoms with Crippen LogP contribution in [-0.4, -0.2) is 25.0 Å². The van der Waals surface area contributed by atoms with Crippen molar-refractivity contribution in [2.24, 2.45) is 0 Å². The number of aryl methyl sites for hydroxylation is 1. The molecule has 2 N–H and O–H groups in total. The van der Waals surface area contributed by atoms with E-state index in [1.54, 1.807) is 18.2 Å². The first-order chi connectivity index (χ1) is 19.5. The molecule has 0 radical (unpaired) electrons. The van der Waals surface area contributed by atoms with Crippen molar-refractivity contribution in [3.63, 3.8) is 0 Å². The third-order valence-electron chi connectivity index (χ3n) is 6.07. The maximum atomic E-state index is 13.7. The predicted molar refractivity (Wildman–Crippen MR) is 151 cm³/mol. The maximum Gasteiger partial charge on any atom is 0.434 e. The van der Waals surface area contributed by atoms with Crippen LogP contribution in [0, 0.1) is 36.9 Å². The lowest BCUT2D eigenvalue weighted by atomic mass is 9.96. The van der Waals surface area contributed by atoms with E-state index in [0.717, 1.165) is 11.8 Å². The Balaban J connectivity index is 1.97. The number of oxazole rings is 1. The van der Waals surface area contributed by atoms with E-state index in [-0.39, 0.29) is 29.7 Å². The van der Waals surface area contributed by atoms with Gasteiger partial charge in [0.2, 0.25) is 0 Å². The first-order valence-electron chi connectivity index (χ1n) is 12.2. The maximum absolute atomic E-state index is 13.7. The van der Waals surface area contributed by atoms with Crippen molar-refractivity contribution in [1.29, 1.82) is 0 Å². The van der Waals surface area contributed by atoms with Gasteiger partial charge in [-0.25, -0.2) is 9.37 Å². The van der Waals surface area contributed by atoms with Crippen LogP contribution in [0.1, 0.15) is 36.5 Å². The van der Waals surface area contributed by atoms with Gasteiger partial charge in [0, 0.05) is 51.4 Å². The van der Waals surface area contributed by atoms with E-state index in [1.165, 1.54) is 48.1 Å². The van der Waals surface area contributed by atoms with E-state index in [1.807, 2.05) is 0 Å². The molecular formula is C30H24F4N4O2S. The molecule has 2 heterocycles. The van der Waals surface area contributed by atoms with E-state index in [9.17, 15) is 21.8 Å². The Labute approximate surface area is 236 Å². The number of hydrogen-bond donors (Lipinski definition) is 1. The Morgan fingerprint density at radius 1 is 1.24 bits per heavy atom. The second-order valence-electron chi connectivity index (χ2n) is 8.91. The Kier molecular flexibility index (Phi) is 8.80. The lowest BCUT2D eigenvalue weighted by molar-refractivity contribution is -0.141. The summed E-state index contributed by atoms with van der Waals surface area (Å²) in [6.45, 7) is 1.46. The quantitative estimate of drug-likeness (QED) is 0.195. The van der Waals surface area contributed by atoms with Crippen molar-refractivity contribution in [3.8, 4) is 35.5 Å². The van der Waals surface area contributed by atoms with Gasteiger partial charge in [0.05, 0.1) is 6.42 Å². The number of hydrogen-bond acceptors (Lipinski definition) is 5. The van der Waals surface area contributed by atoms with Crippen LogP contribution in [0.15, 0.2) is 69.7 Å². The average molecular weight is 581 g/mol. The molecule has 11 heteroatoms. The fourth-order valence-corrected chi connectivity index (χ4v) is 4.73. The molecule has 1 atom stereocenters. The molecule has 0 spiro atoms. The molecule has 0 amide bonds. The van der Waals surface area contributed by atoms with Crippen molar-refractivity contribution in [2.45, 2.75) is 32.4 Å². The number of rotatable bonds is 7. The monoisotopic (exact) mass is 580 g/mol. The Morgan fingerprint density at radius 3 is 2.59 bits per heavy atom. The second-order valence-corrected chi connectivity index (χ2v) is 10.3. The Morgan fingerprint density at radius 2 is 1.95 bits per heavy atom. The minimum absolute atomic E-state index is 0.0637. The van der Waals surface area contributed by atoms with Crippen LogP contribution in [-0.2, 0) is 17.0 Å². The van der Waals surface area contributed by atoms with Crippen molar-refractivity contribution >= 4 is 28.1 Å². The topological polar surface area (TPSA) is 86.9 Å². The SMILES string of the molecule is C#C/C=C\C(=C/C/C1=C/C(c2nc(N)oc2-c2ccc(F)cc2)=C(/n2cc(C(F)(F)F)nc2C)CC#CC1)S(C)=O. The number of allylic oxidation sites excluding steroid dienone is 7. The molecule has 1 aliphatic carbocycles. The summed E-state index contributed by atoms with van der Waals surface area (Å²) in [5, 5.41) is 0. The molecule has 4 rings (SSSR count). The number of benzene rings is 1. The summed E-state index contributed by atoms with van der Waals surface area (Å²) in [4.78, 5) is 8.60. The molecule has 3 aromatic rings. The number of anilines is 1. The molecule has 2 aromatic heterocycles. The number of imidazole rings is 1. The van der Waals surface area contributed by atoms with Crippen LogP contribution in [0.3, 0.4) is 0 Å². The van der Waals surface area contributed by atoms with E-state index in [4.69, 9.17) is 16.6 Å². The average Bonchev–Trinajstić information content (AvgIpc) is 3.48. The fraction of sp³-hybridized carbons (Fsp3) is 0.200. The van der Waals surface area contributed by atoms with Crippen LogP contribution < -0.4 is 5.73 Å². The Hall–Kier alpha value is -4.61. The zero-order valence-corrected chi connectivity index (χ0v) is 22.9. The van der Waals surface area contributed by atoms with Crippen LogP contribution in [0.4, 0.5) is 23.6 Å². The number of alkyl halides is 3. The molecule has 0 fully saturated rings. The summed E-state index contributed by atoms with van der Waals surface area (Å²) in [6, 6.07) is 5.28. The lowest BCUT2D eigenvalue weighted by Crippen LogP contribution is -2.06. The van der Waals surface area contributed by atoms with Crippen molar-refractivity contribution in [3.05, 3.63) is 88.3 Å². The van der Waals surface area contributed by atoms with Crippen LogP contribution >= 0.6 is 0 Å². The van der Waals surface area contributed by atoms with Gasteiger partial charge in [-0.1, -0.05) is 35.5 Å². The molecule has 0 bridgehead atoms. The smallest absolute Gasteiger partial charge is 0.423 e. The molecule has 1 aromatic carbocycles. The number of aromatic nitrogens is 3. The number of nitrogen functional groups attached to an aromatic ring is 1. The minimum atomic E-state index is -4.66. The number of nitrogens with two attached hydrogens (primary N) is 1. The molecule has 210 valence electrons. The molecule has 0 saturated heterocycles. The summed E-state index contributed by atoms with van der Waals surface area (Å²) in [7, 11) is -1.32. The molecule has 0 saturated carbocycles. The number of halogens is 4. The predicted octanol–water partition coefficient (Wildman–Crippen LogP) is 6.52. The van der Waals surface area contributed by atoms with Gasteiger partial charge in [-0.15, -0.1) is 6.42 Å². The molecule has 41 heavy (non-hydrogen) atoms. The van der Waals surface area contributed by atoms with Gasteiger partial charge in [0.25, 0.3) is 6.01 Å². The fourth-order valence-electron chi connectivity index (χ4n) is 4.15. The van der Waals surface area contributed by atoms with Gasteiger partial charge < -0.3 is 14.7 Å². The number of nitrogens with zero attached hydrogens (tertiary/aromatic N) is 3. The first kappa shape index (κ1) is 29.4. The zero-order valence-electron chi connectivity index (χ0n) is 22.1. The second kappa shape index (κ2) is 12.3. The van der Waals surface area contributed by atoms with Crippen LogP contribution in [0.2, 0.25) is 0 Å². The highest BCUT2D eigenvalue weighted by molar-refractivity contribution is 7.88. The molecule has 1 unspecified atom stereocenters. The summed E-state index contributed by atoms with van der Waals surface area (Å²) >= 11 is 0. The lowest BCUT2D eigenvalue weighted by Gasteiger charge is -2.16. The van der Waals surface area contributed by atoms with Gasteiger partial charge in [-0.05, 0) is 49.8 Å². The normalized spacial score (nSPS) is 18.2. The zero-order chi connectivity index (χ0) is 29.7. The standard InChI is InChI=1S/C30H24F4N4O2S/c1-4-5-9-23(41(3)39)16-11-20-8-6-7-10-25(38-18-26(30(32,33)34)36-19(38)2)24(17-20)27-28(40-29(35)37-27)21-12-14-22(31)15-13-21/h1,5,9,12-18H,8,10-11H2,2-3H3,(H2,35,37)/b9-5-,20-17+,23-16+,25-24-. The third-order valence-corrected chi connectivity index (χ3v) is 7.03. The van der Waals surface area contributed by atoms with Crippen molar-refractivity contribution in [2.75, 3.05) is 12.0 Å². The first-order valence-corrected chi connectivity index (χ1v) is 13.7. The van der Waals surface area contributed by atoms with Crippen LogP contribution in [0.5, 0.6) is 0 Å². The Bertz CT molecular complexity index is 1720. The minimum Gasteiger partial charge on any atom is -0.423 e. The largest absolute Gasteiger partial charge is 0.434 e. The highest BCUT2D eigenvalue weighted by Gasteiger charge is 2.35. The number of terminal acetylenes is 1. The van der Waals surface area contributed by atoms with Crippen LogP contribution in [0.25, 0.3) is 22.6 Å². The highest BCUT2D eigenvalue weighted by Crippen LogP contribution is 2.38. The van der Waals surface area contributed by atoms with E-state index in [2.05, 4.69) is 27.7 Å². The van der Waals surface area contributed by atoms with Gasteiger partial charge in [-0.2, -0.15) is 18.2 Å². The summed E-state index contributed by atoms with van der Waals surface area (Å²) in [5.74, 6) is 8.26. The molecule has 6 nitrogen and oxygen atoms in total. The van der Waals surface area contributed by atoms with Gasteiger partial charge in [-0.3, -0.25) is 4.21 Å². The van der Waals surface area contributed by atoms with Crippen molar-refractivity contribution < 1.29 is 26.2 Å². The van der Waals surface area contributed by atoms with Gasteiger partial charge >= 0.3 is 6.18 Å². The molecule has 0 aliphatic heterocycles. The summed E-state index contributed by atoms with van der Waals surface area (Å²) < 4.78 is 73.6. The molecule has 1 aliphatic rings.